The fourth-order valence-corrected chi connectivity index (χ4v) is 4.04. The first kappa shape index (κ1) is 21.4. The van der Waals surface area contributed by atoms with Gasteiger partial charge in [-0.15, -0.1) is 0 Å². The summed E-state index contributed by atoms with van der Waals surface area (Å²) in [5.41, 5.74) is 0.834. The summed E-state index contributed by atoms with van der Waals surface area (Å²) in [5, 5.41) is 5.87. The van der Waals surface area contributed by atoms with Gasteiger partial charge in [-0.2, -0.15) is 0 Å². The van der Waals surface area contributed by atoms with E-state index >= 15 is 0 Å². The van der Waals surface area contributed by atoms with Crippen LogP contribution in [-0.2, 0) is 4.79 Å². The number of nitrogens with one attached hydrogen (secondary N) is 2. The SMILES string of the molecule is CCOc1ccc(N2C[C@@H](NC(=O)NCCCN3CCCCCC3)CC2=O)cc1. The first-order valence-electron chi connectivity index (χ1n) is 11.0. The Kier molecular flexibility index (Phi) is 8.16. The summed E-state index contributed by atoms with van der Waals surface area (Å²) in [7, 11) is 0. The van der Waals surface area contributed by atoms with Crippen molar-refractivity contribution in [2.24, 2.45) is 0 Å². The highest BCUT2D eigenvalue weighted by Gasteiger charge is 2.31. The number of hydrogen-bond donors (Lipinski definition) is 2. The molecule has 0 radical (unpaired) electrons. The van der Waals surface area contributed by atoms with Gasteiger partial charge in [-0.05, 0) is 70.1 Å². The molecule has 2 fully saturated rings. The van der Waals surface area contributed by atoms with Crippen LogP contribution in [0.15, 0.2) is 24.3 Å². The fraction of sp³-hybridized carbons (Fsp3) is 0.636. The molecule has 2 aliphatic rings. The molecule has 0 saturated carbocycles. The highest BCUT2D eigenvalue weighted by atomic mass is 16.5. The zero-order valence-electron chi connectivity index (χ0n) is 17.5. The molecule has 3 rings (SSSR count). The van der Waals surface area contributed by atoms with Gasteiger partial charge in [0.25, 0.3) is 0 Å². The van der Waals surface area contributed by atoms with E-state index in [1.54, 1.807) is 4.90 Å². The number of nitrogens with zero attached hydrogens (tertiary/aromatic N) is 2. The lowest BCUT2D eigenvalue weighted by Crippen LogP contribution is -2.44. The number of benzene rings is 1. The maximum absolute atomic E-state index is 12.4. The standard InChI is InChI=1S/C22H34N4O3/c1-2-29-20-10-8-19(9-11-20)26-17-18(16-21(26)27)24-22(28)23-12-7-15-25-13-5-3-4-6-14-25/h8-11,18H,2-7,12-17H2,1H3,(H2,23,24,28)/t18-/m0/s1. The maximum Gasteiger partial charge on any atom is 0.315 e. The zero-order valence-corrected chi connectivity index (χ0v) is 17.5. The van der Waals surface area contributed by atoms with Crippen molar-refractivity contribution in [2.45, 2.75) is 51.5 Å². The number of anilines is 1. The second-order valence-corrected chi connectivity index (χ2v) is 7.84. The summed E-state index contributed by atoms with van der Waals surface area (Å²) in [6.45, 7) is 7.10. The molecule has 0 spiro atoms. The van der Waals surface area contributed by atoms with Crippen LogP contribution >= 0.6 is 0 Å². The molecular weight excluding hydrogens is 368 g/mol. The predicted molar refractivity (Wildman–Crippen MR) is 114 cm³/mol. The van der Waals surface area contributed by atoms with Crippen LogP contribution in [0.5, 0.6) is 5.75 Å². The first-order valence-corrected chi connectivity index (χ1v) is 11.0. The minimum atomic E-state index is -0.188. The lowest BCUT2D eigenvalue weighted by atomic mass is 10.2. The lowest BCUT2D eigenvalue weighted by molar-refractivity contribution is -0.117. The van der Waals surface area contributed by atoms with Gasteiger partial charge in [0, 0.05) is 25.2 Å². The molecule has 2 saturated heterocycles. The summed E-state index contributed by atoms with van der Waals surface area (Å²) in [6, 6.07) is 7.14. The van der Waals surface area contributed by atoms with Crippen molar-refractivity contribution in [1.29, 1.82) is 0 Å². The molecule has 2 aliphatic heterocycles. The van der Waals surface area contributed by atoms with E-state index in [4.69, 9.17) is 4.74 Å². The molecule has 7 nitrogen and oxygen atoms in total. The molecule has 2 N–H and O–H groups in total. The lowest BCUT2D eigenvalue weighted by Gasteiger charge is -2.20. The van der Waals surface area contributed by atoms with Crippen LogP contribution in [0.4, 0.5) is 10.5 Å². The van der Waals surface area contributed by atoms with Crippen LogP contribution in [0.25, 0.3) is 0 Å². The number of carbonyl (C=O) groups excluding carboxylic acids is 2. The molecule has 0 bridgehead atoms. The Hall–Kier alpha value is -2.28. The number of likely N-dealkylation sites (tertiary alicyclic amines) is 1. The summed E-state index contributed by atoms with van der Waals surface area (Å²) in [4.78, 5) is 28.8. The third-order valence-corrected chi connectivity index (χ3v) is 5.56. The Balaban J connectivity index is 1.37. The smallest absolute Gasteiger partial charge is 0.315 e. The molecule has 3 amide bonds. The van der Waals surface area contributed by atoms with E-state index < -0.39 is 0 Å². The minimum Gasteiger partial charge on any atom is -0.494 e. The van der Waals surface area contributed by atoms with E-state index in [9.17, 15) is 9.59 Å². The van der Waals surface area contributed by atoms with Crippen LogP contribution < -0.4 is 20.3 Å². The van der Waals surface area contributed by atoms with Gasteiger partial charge >= 0.3 is 6.03 Å². The number of amides is 3. The van der Waals surface area contributed by atoms with Gasteiger partial charge in [0.15, 0.2) is 0 Å². The van der Waals surface area contributed by atoms with Gasteiger partial charge < -0.3 is 25.2 Å². The van der Waals surface area contributed by atoms with Gasteiger partial charge in [-0.25, -0.2) is 4.79 Å². The van der Waals surface area contributed by atoms with Gasteiger partial charge in [-0.1, -0.05) is 12.8 Å². The molecule has 0 aromatic heterocycles. The first-order chi connectivity index (χ1) is 14.2. The van der Waals surface area contributed by atoms with E-state index in [1.165, 1.54) is 38.8 Å². The number of ether oxygens (including phenoxy) is 1. The van der Waals surface area contributed by atoms with Crippen molar-refractivity contribution in [3.63, 3.8) is 0 Å². The molecule has 1 atom stereocenters. The van der Waals surface area contributed by atoms with Gasteiger partial charge in [-0.3, -0.25) is 4.79 Å². The third-order valence-electron chi connectivity index (χ3n) is 5.56. The molecule has 160 valence electrons. The highest BCUT2D eigenvalue weighted by molar-refractivity contribution is 5.96. The number of hydrogen-bond acceptors (Lipinski definition) is 4. The van der Waals surface area contributed by atoms with Crippen LogP contribution in [0, 0.1) is 0 Å². The van der Waals surface area contributed by atoms with Crippen LogP contribution in [-0.4, -0.2) is 62.2 Å². The van der Waals surface area contributed by atoms with Crippen molar-refractivity contribution in [1.82, 2.24) is 15.5 Å². The number of carbonyl (C=O) groups is 2. The van der Waals surface area contributed by atoms with E-state index in [1.807, 2.05) is 31.2 Å². The second-order valence-electron chi connectivity index (χ2n) is 7.84. The molecule has 1 aromatic carbocycles. The normalized spacial score (nSPS) is 20.4. The van der Waals surface area contributed by atoms with E-state index in [0.717, 1.165) is 24.4 Å². The Labute approximate surface area is 173 Å². The van der Waals surface area contributed by atoms with Crippen molar-refractivity contribution >= 4 is 17.6 Å². The molecule has 0 aliphatic carbocycles. The molecular formula is C22H34N4O3. The average Bonchev–Trinajstić information content (AvgIpc) is 2.91. The number of rotatable bonds is 8. The molecule has 1 aromatic rings. The predicted octanol–water partition coefficient (Wildman–Crippen LogP) is 2.76. The van der Waals surface area contributed by atoms with Crippen LogP contribution in [0.2, 0.25) is 0 Å². The monoisotopic (exact) mass is 402 g/mol. The van der Waals surface area contributed by atoms with Crippen molar-refractivity contribution < 1.29 is 14.3 Å². The molecule has 0 unspecified atom stereocenters. The van der Waals surface area contributed by atoms with Gasteiger partial charge in [0.05, 0.1) is 12.6 Å². The van der Waals surface area contributed by atoms with Crippen molar-refractivity contribution in [2.75, 3.05) is 44.2 Å². The zero-order chi connectivity index (χ0) is 20.5. The summed E-state index contributed by atoms with van der Waals surface area (Å²) >= 11 is 0. The second kappa shape index (κ2) is 11.0. The Morgan fingerprint density at radius 3 is 2.55 bits per heavy atom. The Bertz CT molecular complexity index is 657. The van der Waals surface area contributed by atoms with Crippen molar-refractivity contribution in [3.05, 3.63) is 24.3 Å². The molecule has 2 heterocycles. The topological polar surface area (TPSA) is 73.9 Å². The average molecular weight is 403 g/mol. The summed E-state index contributed by atoms with van der Waals surface area (Å²) in [6.07, 6.45) is 6.53. The Morgan fingerprint density at radius 2 is 1.86 bits per heavy atom. The van der Waals surface area contributed by atoms with Gasteiger partial charge in [0.1, 0.15) is 5.75 Å². The maximum atomic E-state index is 12.4. The minimum absolute atomic E-state index is 0.0284. The van der Waals surface area contributed by atoms with E-state index in [2.05, 4.69) is 15.5 Å². The molecule has 7 heteroatoms. The summed E-state index contributed by atoms with van der Waals surface area (Å²) < 4.78 is 5.44. The van der Waals surface area contributed by atoms with Crippen molar-refractivity contribution in [3.8, 4) is 5.75 Å². The highest BCUT2D eigenvalue weighted by Crippen LogP contribution is 2.24. The van der Waals surface area contributed by atoms with Gasteiger partial charge in [0.2, 0.25) is 5.91 Å². The third kappa shape index (κ3) is 6.63. The van der Waals surface area contributed by atoms with Crippen LogP contribution in [0.3, 0.4) is 0 Å². The molecule has 29 heavy (non-hydrogen) atoms. The quantitative estimate of drug-likeness (QED) is 0.656. The van der Waals surface area contributed by atoms with E-state index in [0.29, 0.717) is 26.1 Å². The van der Waals surface area contributed by atoms with Crippen LogP contribution in [0.1, 0.15) is 45.4 Å². The Morgan fingerprint density at radius 1 is 1.14 bits per heavy atom. The summed E-state index contributed by atoms with van der Waals surface area (Å²) in [5.74, 6) is 0.817. The fourth-order valence-electron chi connectivity index (χ4n) is 4.04. The largest absolute Gasteiger partial charge is 0.494 e. The van der Waals surface area contributed by atoms with E-state index in [-0.39, 0.29) is 18.0 Å². The number of urea groups is 1.